The van der Waals surface area contributed by atoms with E-state index in [1.807, 2.05) is 30.3 Å². The van der Waals surface area contributed by atoms with Gasteiger partial charge in [-0.3, -0.25) is 0 Å². The van der Waals surface area contributed by atoms with Crippen molar-refractivity contribution < 1.29 is 13.2 Å². The Morgan fingerprint density at radius 3 is 2.29 bits per heavy atom. The number of halogens is 1. The van der Waals surface area contributed by atoms with Crippen molar-refractivity contribution in [1.29, 1.82) is 0 Å². The third-order valence-electron chi connectivity index (χ3n) is 4.10. The number of nitrogens with zero attached hydrogens (tertiary/aromatic N) is 2. The summed E-state index contributed by atoms with van der Waals surface area (Å²) in [6.07, 6.45) is 0. The number of hydrogen-bond acceptors (Lipinski definition) is 4. The van der Waals surface area contributed by atoms with E-state index in [2.05, 4.69) is 20.8 Å². The average Bonchev–Trinajstić information content (AvgIpc) is 2.62. The molecule has 1 heterocycles. The van der Waals surface area contributed by atoms with E-state index in [0.29, 0.717) is 36.4 Å². The minimum Gasteiger partial charge on any atom is -0.495 e. The maximum absolute atomic E-state index is 13.0. The molecule has 2 aromatic rings. The first-order chi connectivity index (χ1) is 11.5. The molecular weight excluding hydrogens is 392 g/mol. The Balaban J connectivity index is 1.79. The van der Waals surface area contributed by atoms with Gasteiger partial charge in [-0.05, 0) is 30.3 Å². The van der Waals surface area contributed by atoms with Crippen molar-refractivity contribution >= 4 is 31.6 Å². The quantitative estimate of drug-likeness (QED) is 0.777. The van der Waals surface area contributed by atoms with E-state index in [1.165, 1.54) is 11.4 Å². The minimum absolute atomic E-state index is 0.201. The van der Waals surface area contributed by atoms with Crippen LogP contribution in [0.3, 0.4) is 0 Å². The highest BCUT2D eigenvalue weighted by Crippen LogP contribution is 2.30. The molecule has 0 N–H and O–H groups in total. The van der Waals surface area contributed by atoms with E-state index < -0.39 is 10.0 Å². The van der Waals surface area contributed by atoms with Gasteiger partial charge < -0.3 is 9.64 Å². The molecule has 0 bridgehead atoms. The molecule has 0 aliphatic carbocycles. The Kier molecular flexibility index (Phi) is 5.12. The van der Waals surface area contributed by atoms with Crippen molar-refractivity contribution in [3.05, 3.63) is 53.0 Å². The molecule has 128 valence electrons. The predicted octanol–water partition coefficient (Wildman–Crippen LogP) is 2.97. The maximum atomic E-state index is 13.0. The lowest BCUT2D eigenvalue weighted by Gasteiger charge is -2.35. The van der Waals surface area contributed by atoms with Crippen molar-refractivity contribution in [2.45, 2.75) is 4.90 Å². The van der Waals surface area contributed by atoms with Gasteiger partial charge in [0.2, 0.25) is 10.0 Å². The highest BCUT2D eigenvalue weighted by Gasteiger charge is 2.31. The van der Waals surface area contributed by atoms with Gasteiger partial charge in [-0.25, -0.2) is 8.42 Å². The normalized spacial score (nSPS) is 16.2. The number of methoxy groups -OCH3 is 1. The molecule has 1 saturated heterocycles. The third kappa shape index (κ3) is 3.43. The van der Waals surface area contributed by atoms with Gasteiger partial charge in [0.25, 0.3) is 0 Å². The second kappa shape index (κ2) is 7.13. The molecule has 5 nitrogen and oxygen atoms in total. The largest absolute Gasteiger partial charge is 0.495 e. The van der Waals surface area contributed by atoms with Crippen LogP contribution in [0.4, 0.5) is 5.69 Å². The van der Waals surface area contributed by atoms with Crippen LogP contribution in [0.2, 0.25) is 0 Å². The summed E-state index contributed by atoms with van der Waals surface area (Å²) in [7, 11) is -2.10. The van der Waals surface area contributed by atoms with Crippen LogP contribution in [-0.2, 0) is 10.0 Å². The molecular formula is C17H19BrN2O3S. The summed E-state index contributed by atoms with van der Waals surface area (Å²) in [5, 5.41) is 0. The van der Waals surface area contributed by atoms with Gasteiger partial charge in [0.15, 0.2) is 0 Å². The standard InChI is InChI=1S/C17H19BrN2O3S/c1-23-16-8-7-14(18)13-17(16)24(21,22)20-11-9-19(10-12-20)15-5-3-2-4-6-15/h2-8,13H,9-12H2,1H3. The SMILES string of the molecule is COc1ccc(Br)cc1S(=O)(=O)N1CCN(c2ccccc2)CC1. The lowest BCUT2D eigenvalue weighted by atomic mass is 10.2. The van der Waals surface area contributed by atoms with Crippen LogP contribution < -0.4 is 9.64 Å². The first-order valence-electron chi connectivity index (χ1n) is 7.66. The topological polar surface area (TPSA) is 49.9 Å². The molecule has 0 saturated carbocycles. The molecule has 2 aromatic carbocycles. The molecule has 0 aromatic heterocycles. The molecule has 3 rings (SSSR count). The number of anilines is 1. The van der Waals surface area contributed by atoms with Crippen LogP contribution >= 0.6 is 15.9 Å². The summed E-state index contributed by atoms with van der Waals surface area (Å²) >= 11 is 3.34. The van der Waals surface area contributed by atoms with Crippen molar-refractivity contribution in [3.63, 3.8) is 0 Å². The Bertz CT molecular complexity index is 804. The molecule has 0 amide bonds. The van der Waals surface area contributed by atoms with Gasteiger partial charge >= 0.3 is 0 Å². The molecule has 0 radical (unpaired) electrons. The Hall–Kier alpha value is -1.57. The van der Waals surface area contributed by atoms with E-state index in [0.717, 1.165) is 5.69 Å². The average molecular weight is 411 g/mol. The number of ether oxygens (including phenoxy) is 1. The van der Waals surface area contributed by atoms with Gasteiger partial charge in [-0.2, -0.15) is 4.31 Å². The zero-order valence-electron chi connectivity index (χ0n) is 13.4. The predicted molar refractivity (Wildman–Crippen MR) is 98.1 cm³/mol. The van der Waals surface area contributed by atoms with Gasteiger partial charge in [0.1, 0.15) is 10.6 Å². The first kappa shape index (κ1) is 17.3. The molecule has 24 heavy (non-hydrogen) atoms. The summed E-state index contributed by atoms with van der Waals surface area (Å²) in [4.78, 5) is 2.40. The molecule has 0 unspecified atom stereocenters. The maximum Gasteiger partial charge on any atom is 0.246 e. The molecule has 0 atom stereocenters. The Morgan fingerprint density at radius 2 is 1.67 bits per heavy atom. The van der Waals surface area contributed by atoms with Crippen LogP contribution in [-0.4, -0.2) is 46.0 Å². The number of rotatable bonds is 4. The van der Waals surface area contributed by atoms with Gasteiger partial charge in [-0.1, -0.05) is 34.1 Å². The summed E-state index contributed by atoms with van der Waals surface area (Å²) in [5.41, 5.74) is 1.12. The fourth-order valence-electron chi connectivity index (χ4n) is 2.82. The monoisotopic (exact) mass is 410 g/mol. The fraction of sp³-hybridized carbons (Fsp3) is 0.294. The first-order valence-corrected chi connectivity index (χ1v) is 9.89. The number of sulfonamides is 1. The molecule has 1 fully saturated rings. The van der Waals surface area contributed by atoms with E-state index in [1.54, 1.807) is 18.2 Å². The summed E-state index contributed by atoms with van der Waals surface area (Å²) in [6.45, 7) is 2.24. The Labute approximate surface area is 151 Å². The Morgan fingerprint density at radius 1 is 1.00 bits per heavy atom. The third-order valence-corrected chi connectivity index (χ3v) is 6.52. The van der Waals surface area contributed by atoms with E-state index in [4.69, 9.17) is 4.74 Å². The van der Waals surface area contributed by atoms with Crippen LogP contribution in [0, 0.1) is 0 Å². The number of benzene rings is 2. The van der Waals surface area contributed by atoms with Crippen molar-refractivity contribution in [1.82, 2.24) is 4.31 Å². The lowest BCUT2D eigenvalue weighted by molar-refractivity contribution is 0.374. The molecule has 0 spiro atoms. The number of piperazine rings is 1. The molecule has 7 heteroatoms. The van der Waals surface area contributed by atoms with Crippen molar-refractivity contribution in [2.24, 2.45) is 0 Å². The van der Waals surface area contributed by atoms with Crippen LogP contribution in [0.25, 0.3) is 0 Å². The summed E-state index contributed by atoms with van der Waals surface area (Å²) < 4.78 is 33.4. The highest BCUT2D eigenvalue weighted by molar-refractivity contribution is 9.10. The van der Waals surface area contributed by atoms with Crippen molar-refractivity contribution in [3.8, 4) is 5.75 Å². The van der Waals surface area contributed by atoms with Gasteiger partial charge in [0, 0.05) is 36.3 Å². The van der Waals surface area contributed by atoms with E-state index >= 15 is 0 Å². The smallest absolute Gasteiger partial charge is 0.246 e. The van der Waals surface area contributed by atoms with E-state index in [-0.39, 0.29) is 4.90 Å². The molecule has 1 aliphatic rings. The zero-order valence-corrected chi connectivity index (χ0v) is 15.8. The fourth-order valence-corrected chi connectivity index (χ4v) is 4.93. The van der Waals surface area contributed by atoms with Gasteiger partial charge in [-0.15, -0.1) is 0 Å². The zero-order chi connectivity index (χ0) is 17.2. The second-order valence-corrected chi connectivity index (χ2v) is 8.34. The second-order valence-electron chi connectivity index (χ2n) is 5.52. The number of para-hydroxylation sites is 1. The van der Waals surface area contributed by atoms with Gasteiger partial charge in [0.05, 0.1) is 7.11 Å². The lowest BCUT2D eigenvalue weighted by Crippen LogP contribution is -2.48. The van der Waals surface area contributed by atoms with Crippen LogP contribution in [0.15, 0.2) is 57.9 Å². The van der Waals surface area contributed by atoms with Crippen LogP contribution in [0.5, 0.6) is 5.75 Å². The molecule has 1 aliphatic heterocycles. The van der Waals surface area contributed by atoms with E-state index in [9.17, 15) is 8.42 Å². The summed E-state index contributed by atoms with van der Waals surface area (Å²) in [5.74, 6) is 0.365. The van der Waals surface area contributed by atoms with Crippen LogP contribution in [0.1, 0.15) is 0 Å². The minimum atomic E-state index is -3.58. The highest BCUT2D eigenvalue weighted by atomic mass is 79.9. The summed E-state index contributed by atoms with van der Waals surface area (Å²) in [6, 6.07) is 15.1. The van der Waals surface area contributed by atoms with Crippen molar-refractivity contribution in [2.75, 3.05) is 38.2 Å². The number of hydrogen-bond donors (Lipinski definition) is 0.